The van der Waals surface area contributed by atoms with E-state index in [2.05, 4.69) is 0 Å². The minimum absolute atomic E-state index is 0.331. The van der Waals surface area contributed by atoms with Gasteiger partial charge in [-0.05, 0) is 38.1 Å². The molecule has 1 aromatic rings. The van der Waals surface area contributed by atoms with Crippen LogP contribution in [-0.2, 0) is 4.79 Å². The molecule has 0 aliphatic rings. The highest BCUT2D eigenvalue weighted by Crippen LogP contribution is 2.17. The number of methoxy groups -OCH3 is 1. The Kier molecular flexibility index (Phi) is 3.92. The van der Waals surface area contributed by atoms with Crippen LogP contribution in [0.1, 0.15) is 13.8 Å². The maximum Gasteiger partial charge on any atom is 0.338 e. The zero-order valence-corrected chi connectivity index (χ0v) is 9.11. The monoisotopic (exact) mass is 206 g/mol. The van der Waals surface area contributed by atoms with Crippen LogP contribution >= 0.6 is 0 Å². The van der Waals surface area contributed by atoms with Crippen molar-refractivity contribution in [2.24, 2.45) is 0 Å². The lowest BCUT2D eigenvalue weighted by molar-refractivity contribution is -0.130. The summed E-state index contributed by atoms with van der Waals surface area (Å²) in [6.45, 7) is 3.51. The Morgan fingerprint density at radius 1 is 1.20 bits per heavy atom. The Labute approximate surface area is 89.3 Å². The molecule has 0 atom stereocenters. The summed E-state index contributed by atoms with van der Waals surface area (Å²) in [6, 6.07) is 6.88. The van der Waals surface area contributed by atoms with E-state index >= 15 is 0 Å². The van der Waals surface area contributed by atoms with Crippen LogP contribution < -0.4 is 9.47 Å². The van der Waals surface area contributed by atoms with E-state index in [4.69, 9.17) is 9.47 Å². The molecule has 3 heteroatoms. The molecule has 0 N–H and O–H groups in total. The van der Waals surface area contributed by atoms with Gasteiger partial charge in [0.1, 0.15) is 11.5 Å². The number of hydrogen-bond donors (Lipinski definition) is 0. The number of hydrogen-bond acceptors (Lipinski definition) is 3. The highest BCUT2D eigenvalue weighted by molar-refractivity contribution is 5.89. The molecular weight excluding hydrogens is 192 g/mol. The lowest BCUT2D eigenvalue weighted by Crippen LogP contribution is -2.08. The summed E-state index contributed by atoms with van der Waals surface area (Å²) in [5.74, 6) is 0.919. The van der Waals surface area contributed by atoms with E-state index in [1.54, 1.807) is 51.3 Å². The van der Waals surface area contributed by atoms with Gasteiger partial charge < -0.3 is 9.47 Å². The van der Waals surface area contributed by atoms with Crippen molar-refractivity contribution in [2.45, 2.75) is 13.8 Å². The van der Waals surface area contributed by atoms with Gasteiger partial charge in [0.2, 0.25) is 0 Å². The van der Waals surface area contributed by atoms with Crippen LogP contribution in [0, 0.1) is 0 Å². The molecule has 0 saturated carbocycles. The maximum absolute atomic E-state index is 11.4. The molecule has 1 aromatic carbocycles. The van der Waals surface area contributed by atoms with E-state index in [0.717, 1.165) is 5.75 Å². The molecule has 3 nitrogen and oxygen atoms in total. The van der Waals surface area contributed by atoms with Crippen molar-refractivity contribution >= 4 is 5.97 Å². The van der Waals surface area contributed by atoms with E-state index in [0.29, 0.717) is 11.3 Å². The highest BCUT2D eigenvalue weighted by Gasteiger charge is 2.05. The van der Waals surface area contributed by atoms with Gasteiger partial charge >= 0.3 is 5.97 Å². The van der Waals surface area contributed by atoms with Crippen molar-refractivity contribution in [3.63, 3.8) is 0 Å². The van der Waals surface area contributed by atoms with Crippen molar-refractivity contribution < 1.29 is 14.3 Å². The van der Waals surface area contributed by atoms with Crippen LogP contribution in [-0.4, -0.2) is 13.1 Å². The highest BCUT2D eigenvalue weighted by atomic mass is 16.5. The third-order valence-electron chi connectivity index (χ3n) is 2.02. The van der Waals surface area contributed by atoms with Gasteiger partial charge in [-0.1, -0.05) is 6.08 Å². The minimum Gasteiger partial charge on any atom is -0.497 e. The molecule has 1 rings (SSSR count). The lowest BCUT2D eigenvalue weighted by Gasteiger charge is -2.04. The molecule has 0 bridgehead atoms. The summed E-state index contributed by atoms with van der Waals surface area (Å²) in [5, 5.41) is 0. The Hall–Kier alpha value is -1.77. The number of ether oxygens (including phenoxy) is 2. The zero-order chi connectivity index (χ0) is 11.3. The van der Waals surface area contributed by atoms with Crippen molar-refractivity contribution in [2.75, 3.05) is 7.11 Å². The molecular formula is C12H14O3. The summed E-state index contributed by atoms with van der Waals surface area (Å²) < 4.78 is 10.1. The van der Waals surface area contributed by atoms with Crippen molar-refractivity contribution in [1.29, 1.82) is 0 Å². The van der Waals surface area contributed by atoms with Crippen LogP contribution in [0.3, 0.4) is 0 Å². The number of carbonyl (C=O) groups is 1. The maximum atomic E-state index is 11.4. The SMILES string of the molecule is C/C=C(\C)C(=O)Oc1ccc(OC)cc1. The summed E-state index contributed by atoms with van der Waals surface area (Å²) in [5.41, 5.74) is 0.589. The van der Waals surface area contributed by atoms with E-state index in [9.17, 15) is 4.79 Å². The quantitative estimate of drug-likeness (QED) is 0.433. The third-order valence-corrected chi connectivity index (χ3v) is 2.02. The predicted molar refractivity (Wildman–Crippen MR) is 58.1 cm³/mol. The van der Waals surface area contributed by atoms with Gasteiger partial charge in [-0.25, -0.2) is 4.79 Å². The number of benzene rings is 1. The Morgan fingerprint density at radius 3 is 2.20 bits per heavy atom. The Bertz CT molecular complexity index is 363. The second-order valence-corrected chi connectivity index (χ2v) is 3.04. The standard InChI is InChI=1S/C12H14O3/c1-4-9(2)12(13)15-11-7-5-10(14-3)6-8-11/h4-8H,1-3H3/b9-4+. The first-order valence-corrected chi connectivity index (χ1v) is 4.66. The first-order valence-electron chi connectivity index (χ1n) is 4.66. The average molecular weight is 206 g/mol. The van der Waals surface area contributed by atoms with E-state index in [1.807, 2.05) is 0 Å². The van der Waals surface area contributed by atoms with E-state index < -0.39 is 0 Å². The lowest BCUT2D eigenvalue weighted by atomic mass is 10.3. The molecule has 0 spiro atoms. The summed E-state index contributed by atoms with van der Waals surface area (Å²) >= 11 is 0. The second kappa shape index (κ2) is 5.20. The third kappa shape index (κ3) is 3.13. The topological polar surface area (TPSA) is 35.5 Å². The number of esters is 1. The van der Waals surface area contributed by atoms with Gasteiger partial charge in [-0.2, -0.15) is 0 Å². The second-order valence-electron chi connectivity index (χ2n) is 3.04. The van der Waals surface area contributed by atoms with Crippen molar-refractivity contribution in [3.8, 4) is 11.5 Å². The van der Waals surface area contributed by atoms with Gasteiger partial charge in [0.25, 0.3) is 0 Å². The average Bonchev–Trinajstić information content (AvgIpc) is 2.29. The largest absolute Gasteiger partial charge is 0.497 e. The molecule has 0 radical (unpaired) electrons. The van der Waals surface area contributed by atoms with Crippen LogP contribution in [0.15, 0.2) is 35.9 Å². The molecule has 0 aromatic heterocycles. The van der Waals surface area contributed by atoms with Gasteiger partial charge in [0.05, 0.1) is 7.11 Å². The fourth-order valence-corrected chi connectivity index (χ4v) is 0.949. The molecule has 0 fully saturated rings. The molecule has 15 heavy (non-hydrogen) atoms. The molecule has 0 heterocycles. The first kappa shape index (κ1) is 11.3. The molecule has 0 saturated heterocycles. The fraction of sp³-hybridized carbons (Fsp3) is 0.250. The molecule has 0 aliphatic heterocycles. The van der Waals surface area contributed by atoms with Crippen LogP contribution in [0.2, 0.25) is 0 Å². The minimum atomic E-state index is -0.331. The number of carbonyl (C=O) groups excluding carboxylic acids is 1. The number of allylic oxidation sites excluding steroid dienone is 1. The van der Waals surface area contributed by atoms with Crippen LogP contribution in [0.5, 0.6) is 11.5 Å². The van der Waals surface area contributed by atoms with Crippen molar-refractivity contribution in [1.82, 2.24) is 0 Å². The molecule has 0 unspecified atom stereocenters. The summed E-state index contributed by atoms with van der Waals surface area (Å²) in [7, 11) is 1.59. The van der Waals surface area contributed by atoms with Gasteiger partial charge in [0, 0.05) is 5.57 Å². The summed E-state index contributed by atoms with van der Waals surface area (Å²) in [6.07, 6.45) is 1.71. The zero-order valence-electron chi connectivity index (χ0n) is 9.11. The first-order chi connectivity index (χ1) is 7.17. The Balaban J connectivity index is 2.69. The van der Waals surface area contributed by atoms with Gasteiger partial charge in [0.15, 0.2) is 0 Å². The smallest absolute Gasteiger partial charge is 0.338 e. The van der Waals surface area contributed by atoms with Gasteiger partial charge in [-0.3, -0.25) is 0 Å². The number of rotatable bonds is 3. The van der Waals surface area contributed by atoms with E-state index in [1.165, 1.54) is 0 Å². The fourth-order valence-electron chi connectivity index (χ4n) is 0.949. The predicted octanol–water partition coefficient (Wildman–Crippen LogP) is 2.57. The Morgan fingerprint density at radius 2 is 1.73 bits per heavy atom. The molecule has 80 valence electrons. The van der Waals surface area contributed by atoms with E-state index in [-0.39, 0.29) is 5.97 Å². The van der Waals surface area contributed by atoms with Gasteiger partial charge in [-0.15, -0.1) is 0 Å². The van der Waals surface area contributed by atoms with Crippen molar-refractivity contribution in [3.05, 3.63) is 35.9 Å². The molecule has 0 amide bonds. The summed E-state index contributed by atoms with van der Waals surface area (Å²) in [4.78, 5) is 11.4. The molecule has 0 aliphatic carbocycles. The normalized spacial score (nSPS) is 11.0. The van der Waals surface area contributed by atoms with Crippen LogP contribution in [0.25, 0.3) is 0 Å². The van der Waals surface area contributed by atoms with Crippen LogP contribution in [0.4, 0.5) is 0 Å².